The van der Waals surface area contributed by atoms with E-state index in [0.717, 1.165) is 35.5 Å². The number of hydrogen-bond acceptors (Lipinski definition) is 1. The van der Waals surface area contributed by atoms with E-state index in [4.69, 9.17) is 16.3 Å². The second kappa shape index (κ2) is 5.21. The van der Waals surface area contributed by atoms with Crippen LogP contribution in [0.15, 0.2) is 54.7 Å². The third-order valence-corrected chi connectivity index (χ3v) is 4.54. The van der Waals surface area contributed by atoms with Crippen LogP contribution in [0, 0.1) is 0 Å². The molecule has 2 aromatic carbocycles. The molecule has 0 amide bonds. The SMILES string of the molecule is Clc1cccc2c1ccn2CC1OCCc2ccccc21. The molecule has 0 radical (unpaired) electrons. The van der Waals surface area contributed by atoms with Crippen molar-refractivity contribution in [3.63, 3.8) is 0 Å². The van der Waals surface area contributed by atoms with Crippen LogP contribution in [-0.2, 0) is 17.7 Å². The Kier molecular flexibility index (Phi) is 3.21. The Morgan fingerprint density at radius 2 is 2.00 bits per heavy atom. The molecule has 0 N–H and O–H groups in total. The molecule has 1 unspecified atom stereocenters. The number of halogens is 1. The van der Waals surface area contributed by atoms with Gasteiger partial charge in [-0.3, -0.25) is 0 Å². The van der Waals surface area contributed by atoms with Crippen molar-refractivity contribution in [1.29, 1.82) is 0 Å². The van der Waals surface area contributed by atoms with Gasteiger partial charge in [0.1, 0.15) is 6.10 Å². The fourth-order valence-electron chi connectivity index (χ4n) is 3.15. The van der Waals surface area contributed by atoms with Crippen LogP contribution in [0.2, 0.25) is 5.02 Å². The van der Waals surface area contributed by atoms with Crippen LogP contribution in [0.3, 0.4) is 0 Å². The Balaban J connectivity index is 1.71. The Bertz CT molecular complexity index is 793. The summed E-state index contributed by atoms with van der Waals surface area (Å²) in [7, 11) is 0. The summed E-state index contributed by atoms with van der Waals surface area (Å²) in [6, 6.07) is 16.7. The molecule has 1 atom stereocenters. The van der Waals surface area contributed by atoms with Crippen LogP contribution in [0.4, 0.5) is 0 Å². The molecule has 1 aromatic heterocycles. The summed E-state index contributed by atoms with van der Waals surface area (Å²) < 4.78 is 8.23. The highest BCUT2D eigenvalue weighted by Gasteiger charge is 2.21. The second-order valence-electron chi connectivity index (χ2n) is 5.45. The van der Waals surface area contributed by atoms with Crippen LogP contribution < -0.4 is 0 Å². The first-order chi connectivity index (χ1) is 10.3. The highest BCUT2D eigenvalue weighted by atomic mass is 35.5. The lowest BCUT2D eigenvalue weighted by Gasteiger charge is -2.26. The molecule has 0 bridgehead atoms. The summed E-state index contributed by atoms with van der Waals surface area (Å²) in [5, 5.41) is 1.90. The maximum atomic E-state index is 6.25. The summed E-state index contributed by atoms with van der Waals surface area (Å²) in [4.78, 5) is 0. The first-order valence-corrected chi connectivity index (χ1v) is 7.63. The fraction of sp³-hybridized carbons (Fsp3) is 0.222. The number of rotatable bonds is 2. The van der Waals surface area contributed by atoms with Gasteiger partial charge in [-0.15, -0.1) is 0 Å². The number of aromatic nitrogens is 1. The molecule has 0 saturated heterocycles. The van der Waals surface area contributed by atoms with E-state index in [1.54, 1.807) is 0 Å². The lowest BCUT2D eigenvalue weighted by molar-refractivity contribution is 0.0314. The van der Waals surface area contributed by atoms with Crippen molar-refractivity contribution in [2.45, 2.75) is 19.1 Å². The van der Waals surface area contributed by atoms with Crippen LogP contribution in [-0.4, -0.2) is 11.2 Å². The van der Waals surface area contributed by atoms with Gasteiger partial charge in [0.15, 0.2) is 0 Å². The van der Waals surface area contributed by atoms with Crippen LogP contribution in [0.1, 0.15) is 17.2 Å². The van der Waals surface area contributed by atoms with Gasteiger partial charge in [-0.05, 0) is 35.7 Å². The van der Waals surface area contributed by atoms with Gasteiger partial charge in [0.25, 0.3) is 0 Å². The number of ether oxygens (including phenoxy) is 1. The first-order valence-electron chi connectivity index (χ1n) is 7.26. The number of hydrogen-bond donors (Lipinski definition) is 0. The number of benzene rings is 2. The summed E-state index contributed by atoms with van der Waals surface area (Å²) in [5.74, 6) is 0. The Hall–Kier alpha value is -1.77. The topological polar surface area (TPSA) is 14.2 Å². The van der Waals surface area contributed by atoms with Gasteiger partial charge < -0.3 is 9.30 Å². The summed E-state index contributed by atoms with van der Waals surface area (Å²) in [6.07, 6.45) is 3.21. The smallest absolute Gasteiger partial charge is 0.101 e. The van der Waals surface area contributed by atoms with Gasteiger partial charge in [-0.2, -0.15) is 0 Å². The standard InChI is InChI=1S/C18H16ClNO/c19-16-6-3-7-17-15(16)8-10-20(17)12-18-14-5-2-1-4-13(14)9-11-21-18/h1-8,10,18H,9,11-12H2. The summed E-state index contributed by atoms with van der Waals surface area (Å²) in [5.41, 5.74) is 3.88. The molecular weight excluding hydrogens is 282 g/mol. The largest absolute Gasteiger partial charge is 0.371 e. The van der Waals surface area contributed by atoms with Crippen molar-refractivity contribution in [3.05, 3.63) is 70.9 Å². The molecule has 3 heteroatoms. The zero-order valence-corrected chi connectivity index (χ0v) is 12.4. The van der Waals surface area contributed by atoms with Crippen molar-refractivity contribution in [1.82, 2.24) is 4.57 Å². The van der Waals surface area contributed by atoms with Crippen LogP contribution in [0.25, 0.3) is 10.9 Å². The molecule has 4 rings (SSSR count). The van der Waals surface area contributed by atoms with Crippen LogP contribution >= 0.6 is 11.6 Å². The van der Waals surface area contributed by atoms with Crippen molar-refractivity contribution >= 4 is 22.5 Å². The Labute approximate surface area is 128 Å². The van der Waals surface area contributed by atoms with E-state index in [1.807, 2.05) is 12.1 Å². The van der Waals surface area contributed by atoms with Gasteiger partial charge in [-0.1, -0.05) is 41.9 Å². The van der Waals surface area contributed by atoms with E-state index in [9.17, 15) is 0 Å². The van der Waals surface area contributed by atoms with Crippen molar-refractivity contribution in [3.8, 4) is 0 Å². The van der Waals surface area contributed by atoms with E-state index >= 15 is 0 Å². The quantitative estimate of drug-likeness (QED) is 0.674. The Morgan fingerprint density at radius 1 is 1.10 bits per heavy atom. The third kappa shape index (κ3) is 2.25. The van der Waals surface area contributed by atoms with Gasteiger partial charge in [0, 0.05) is 22.1 Å². The maximum absolute atomic E-state index is 6.25. The summed E-state index contributed by atoms with van der Waals surface area (Å²) >= 11 is 6.25. The zero-order valence-electron chi connectivity index (χ0n) is 11.6. The predicted octanol–water partition coefficient (Wildman–Crippen LogP) is 4.61. The van der Waals surface area contributed by atoms with Crippen molar-refractivity contribution in [2.24, 2.45) is 0 Å². The van der Waals surface area contributed by atoms with E-state index in [0.29, 0.717) is 0 Å². The minimum atomic E-state index is 0.115. The minimum Gasteiger partial charge on any atom is -0.371 e. The minimum absolute atomic E-state index is 0.115. The lowest BCUT2D eigenvalue weighted by Crippen LogP contribution is -2.20. The predicted molar refractivity (Wildman–Crippen MR) is 85.8 cm³/mol. The zero-order chi connectivity index (χ0) is 14.2. The highest BCUT2D eigenvalue weighted by Crippen LogP contribution is 2.31. The first kappa shape index (κ1) is 12.9. The van der Waals surface area contributed by atoms with Gasteiger partial charge >= 0.3 is 0 Å². The molecule has 0 saturated carbocycles. The molecule has 0 fully saturated rings. The average Bonchev–Trinajstić information content (AvgIpc) is 2.92. The lowest BCUT2D eigenvalue weighted by atomic mass is 9.97. The fourth-order valence-corrected chi connectivity index (χ4v) is 3.38. The van der Waals surface area contributed by atoms with Crippen molar-refractivity contribution in [2.75, 3.05) is 6.61 Å². The van der Waals surface area contributed by atoms with E-state index in [2.05, 4.69) is 47.2 Å². The van der Waals surface area contributed by atoms with Gasteiger partial charge in [0.05, 0.1) is 13.2 Å². The molecule has 1 aliphatic heterocycles. The monoisotopic (exact) mass is 297 g/mol. The number of fused-ring (bicyclic) bond motifs is 2. The van der Waals surface area contributed by atoms with Gasteiger partial charge in [0.2, 0.25) is 0 Å². The molecule has 2 nitrogen and oxygen atoms in total. The van der Waals surface area contributed by atoms with Gasteiger partial charge in [-0.25, -0.2) is 0 Å². The average molecular weight is 298 g/mol. The maximum Gasteiger partial charge on any atom is 0.101 e. The van der Waals surface area contributed by atoms with Crippen molar-refractivity contribution < 1.29 is 4.74 Å². The molecule has 21 heavy (non-hydrogen) atoms. The molecule has 3 aromatic rings. The highest BCUT2D eigenvalue weighted by molar-refractivity contribution is 6.35. The number of nitrogens with zero attached hydrogens (tertiary/aromatic N) is 1. The second-order valence-corrected chi connectivity index (χ2v) is 5.86. The molecular formula is C18H16ClNO. The molecule has 0 spiro atoms. The Morgan fingerprint density at radius 3 is 2.95 bits per heavy atom. The van der Waals surface area contributed by atoms with E-state index in [-0.39, 0.29) is 6.10 Å². The van der Waals surface area contributed by atoms with E-state index in [1.165, 1.54) is 11.1 Å². The third-order valence-electron chi connectivity index (χ3n) is 4.22. The van der Waals surface area contributed by atoms with Crippen LogP contribution in [0.5, 0.6) is 0 Å². The molecule has 2 heterocycles. The molecule has 106 valence electrons. The molecule has 1 aliphatic rings. The normalized spacial score (nSPS) is 17.9. The van der Waals surface area contributed by atoms with E-state index < -0.39 is 0 Å². The summed E-state index contributed by atoms with van der Waals surface area (Å²) in [6.45, 7) is 1.61. The molecule has 0 aliphatic carbocycles.